The van der Waals surface area contributed by atoms with Crippen molar-refractivity contribution in [3.8, 4) is 0 Å². The molecular weight excluding hydrogens is 308 g/mol. The van der Waals surface area contributed by atoms with E-state index in [4.69, 9.17) is 14.2 Å². The quantitative estimate of drug-likeness (QED) is 0.453. The summed E-state index contributed by atoms with van der Waals surface area (Å²) < 4.78 is 14.9. The van der Waals surface area contributed by atoms with E-state index in [-0.39, 0.29) is 13.2 Å². The Bertz CT molecular complexity index is 488. The number of hydrogen-bond donors (Lipinski definition) is 4. The fourth-order valence-corrected chi connectivity index (χ4v) is 2.08. The molecule has 0 radical (unpaired) electrons. The lowest BCUT2D eigenvalue weighted by molar-refractivity contribution is -0.188. The topological polar surface area (TPSA) is 126 Å². The minimum absolute atomic E-state index is 0.266. The van der Waals surface area contributed by atoms with Gasteiger partial charge in [0.05, 0.1) is 18.8 Å². The summed E-state index contributed by atoms with van der Waals surface area (Å²) in [6, 6.07) is 8.13. The Morgan fingerprint density at radius 1 is 1.09 bits per heavy atom. The average Bonchev–Trinajstić information content (AvgIpc) is 3.12. The van der Waals surface area contributed by atoms with Crippen molar-refractivity contribution in [3.63, 3.8) is 0 Å². The van der Waals surface area contributed by atoms with Crippen LogP contribution in [0, 0.1) is 0 Å². The van der Waals surface area contributed by atoms with Crippen molar-refractivity contribution in [1.29, 1.82) is 0 Å². The minimum Gasteiger partial charge on any atom is -0.459 e. The first-order chi connectivity index (χ1) is 11.0. The summed E-state index contributed by atoms with van der Waals surface area (Å²) >= 11 is 0. The number of ether oxygens (including phenoxy) is 3. The number of aliphatic hydroxyl groups excluding tert-OH is 4. The number of rotatable bonds is 7. The predicted molar refractivity (Wildman–Crippen MR) is 76.4 cm³/mol. The van der Waals surface area contributed by atoms with E-state index in [0.717, 1.165) is 0 Å². The molecule has 8 heteroatoms. The summed E-state index contributed by atoms with van der Waals surface area (Å²) in [5.41, 5.74) is 0.294. The monoisotopic (exact) mass is 328 g/mol. The van der Waals surface area contributed by atoms with E-state index in [1.807, 2.05) is 0 Å². The van der Waals surface area contributed by atoms with Crippen molar-refractivity contribution in [2.75, 3.05) is 19.8 Å². The second-order valence-corrected chi connectivity index (χ2v) is 5.11. The van der Waals surface area contributed by atoms with Crippen LogP contribution in [0.3, 0.4) is 0 Å². The molecule has 1 aliphatic heterocycles. The van der Waals surface area contributed by atoms with Crippen molar-refractivity contribution in [2.24, 2.45) is 0 Å². The first-order valence-corrected chi connectivity index (χ1v) is 7.18. The molecule has 0 unspecified atom stereocenters. The minimum atomic E-state index is -1.73. The molecule has 1 fully saturated rings. The molecule has 1 heterocycles. The third-order valence-electron chi connectivity index (χ3n) is 3.42. The maximum atomic E-state index is 11.7. The van der Waals surface area contributed by atoms with Gasteiger partial charge in [-0.2, -0.15) is 0 Å². The van der Waals surface area contributed by atoms with Crippen LogP contribution in [0.15, 0.2) is 30.3 Å². The molecule has 1 saturated heterocycles. The van der Waals surface area contributed by atoms with Gasteiger partial charge in [-0.3, -0.25) is 0 Å². The molecule has 23 heavy (non-hydrogen) atoms. The summed E-state index contributed by atoms with van der Waals surface area (Å²) in [5.74, 6) is -0.672. The summed E-state index contributed by atoms with van der Waals surface area (Å²) in [6.07, 6.45) is -7.63. The maximum absolute atomic E-state index is 11.7. The average molecular weight is 328 g/mol. The zero-order chi connectivity index (χ0) is 16.8. The van der Waals surface area contributed by atoms with Crippen LogP contribution < -0.4 is 0 Å². The second kappa shape index (κ2) is 8.34. The summed E-state index contributed by atoms with van der Waals surface area (Å²) in [5, 5.41) is 39.3. The fourth-order valence-electron chi connectivity index (χ4n) is 2.08. The van der Waals surface area contributed by atoms with Gasteiger partial charge in [0.15, 0.2) is 6.29 Å². The van der Waals surface area contributed by atoms with Crippen molar-refractivity contribution in [3.05, 3.63) is 35.9 Å². The van der Waals surface area contributed by atoms with Crippen LogP contribution in [0.25, 0.3) is 0 Å². The van der Waals surface area contributed by atoms with Gasteiger partial charge in [-0.1, -0.05) is 18.2 Å². The van der Waals surface area contributed by atoms with E-state index in [1.54, 1.807) is 30.3 Å². The van der Waals surface area contributed by atoms with Gasteiger partial charge in [0.1, 0.15) is 31.0 Å². The molecule has 0 aromatic heterocycles. The summed E-state index contributed by atoms with van der Waals surface area (Å²) in [4.78, 5) is 11.7. The van der Waals surface area contributed by atoms with Gasteiger partial charge >= 0.3 is 5.97 Å². The fraction of sp³-hybridized carbons (Fsp3) is 0.533. The first kappa shape index (κ1) is 17.8. The predicted octanol–water partition coefficient (Wildman–Crippen LogP) is -1.34. The van der Waals surface area contributed by atoms with Crippen LogP contribution in [-0.2, 0) is 14.2 Å². The van der Waals surface area contributed by atoms with Crippen LogP contribution in [-0.4, -0.2) is 76.9 Å². The van der Waals surface area contributed by atoms with Crippen molar-refractivity contribution in [2.45, 2.75) is 30.7 Å². The lowest BCUT2D eigenvalue weighted by Crippen LogP contribution is -2.50. The van der Waals surface area contributed by atoms with Gasteiger partial charge in [-0.05, 0) is 12.1 Å². The summed E-state index contributed by atoms with van der Waals surface area (Å²) in [6.45, 7) is -0.00533. The lowest BCUT2D eigenvalue weighted by atomic mass is 10.0. The Morgan fingerprint density at radius 2 is 1.70 bits per heavy atom. The van der Waals surface area contributed by atoms with Crippen LogP contribution >= 0.6 is 0 Å². The zero-order valence-corrected chi connectivity index (χ0v) is 12.3. The Morgan fingerprint density at radius 3 is 2.30 bits per heavy atom. The normalized spacial score (nSPS) is 20.7. The van der Waals surface area contributed by atoms with Gasteiger partial charge in [0.2, 0.25) is 0 Å². The number of aliphatic hydroxyl groups is 4. The Labute approximate surface area is 132 Å². The van der Waals surface area contributed by atoms with Crippen molar-refractivity contribution < 1.29 is 39.4 Å². The first-order valence-electron chi connectivity index (χ1n) is 7.18. The third-order valence-corrected chi connectivity index (χ3v) is 3.42. The van der Waals surface area contributed by atoms with Crippen LogP contribution in [0.4, 0.5) is 0 Å². The number of benzene rings is 1. The van der Waals surface area contributed by atoms with Crippen LogP contribution in [0.5, 0.6) is 0 Å². The number of esters is 1. The molecule has 0 bridgehead atoms. The highest BCUT2D eigenvalue weighted by molar-refractivity contribution is 5.89. The molecule has 0 spiro atoms. The van der Waals surface area contributed by atoms with E-state index in [2.05, 4.69) is 0 Å². The van der Waals surface area contributed by atoms with Gasteiger partial charge in [-0.25, -0.2) is 4.79 Å². The van der Waals surface area contributed by atoms with Gasteiger partial charge in [-0.15, -0.1) is 0 Å². The smallest absolute Gasteiger partial charge is 0.338 e. The molecule has 0 saturated carbocycles. The SMILES string of the molecule is O=C(OC[C@@H](O)[C@@H](O)[C@H](O)[C@@H](O)C1OCCO1)c1ccccc1. The van der Waals surface area contributed by atoms with E-state index >= 15 is 0 Å². The maximum Gasteiger partial charge on any atom is 0.338 e. The third kappa shape index (κ3) is 4.71. The van der Waals surface area contributed by atoms with Gasteiger partial charge in [0.25, 0.3) is 0 Å². The molecule has 0 amide bonds. The van der Waals surface area contributed by atoms with Crippen LogP contribution in [0.2, 0.25) is 0 Å². The zero-order valence-electron chi connectivity index (χ0n) is 12.3. The van der Waals surface area contributed by atoms with Crippen LogP contribution in [0.1, 0.15) is 10.4 Å². The molecule has 4 atom stereocenters. The molecule has 0 aliphatic carbocycles. The molecule has 1 aliphatic rings. The number of carbonyl (C=O) groups excluding carboxylic acids is 1. The van der Waals surface area contributed by atoms with E-state index in [0.29, 0.717) is 5.56 Å². The lowest BCUT2D eigenvalue weighted by Gasteiger charge is -2.28. The van der Waals surface area contributed by atoms with Gasteiger partial charge < -0.3 is 34.6 Å². The Balaban J connectivity index is 1.82. The highest BCUT2D eigenvalue weighted by atomic mass is 16.7. The van der Waals surface area contributed by atoms with Crippen molar-refractivity contribution in [1.82, 2.24) is 0 Å². The van der Waals surface area contributed by atoms with Gasteiger partial charge in [0, 0.05) is 0 Å². The summed E-state index contributed by atoms with van der Waals surface area (Å²) in [7, 11) is 0. The molecule has 4 N–H and O–H groups in total. The van der Waals surface area contributed by atoms with E-state index in [9.17, 15) is 25.2 Å². The van der Waals surface area contributed by atoms with E-state index in [1.165, 1.54) is 0 Å². The largest absolute Gasteiger partial charge is 0.459 e. The highest BCUT2D eigenvalue weighted by Gasteiger charge is 2.38. The molecule has 128 valence electrons. The molecule has 2 rings (SSSR count). The Kier molecular flexibility index (Phi) is 6.46. The molecular formula is C15H20O8. The Hall–Kier alpha value is -1.55. The highest BCUT2D eigenvalue weighted by Crippen LogP contribution is 2.15. The molecule has 1 aromatic rings. The van der Waals surface area contributed by atoms with Crippen molar-refractivity contribution >= 4 is 5.97 Å². The number of carbonyl (C=O) groups is 1. The number of hydrogen-bond acceptors (Lipinski definition) is 8. The molecule has 8 nitrogen and oxygen atoms in total. The second-order valence-electron chi connectivity index (χ2n) is 5.11. The molecule has 1 aromatic carbocycles. The standard InChI is InChI=1S/C15H20O8/c16-10(8-23-14(20)9-4-2-1-3-5-9)11(17)12(18)13(19)15-21-6-7-22-15/h1-5,10-13,15-19H,6-8H2/t10-,11-,12+,13-/m1/s1. The van der Waals surface area contributed by atoms with E-state index < -0.39 is 43.3 Å².